The second-order valence-electron chi connectivity index (χ2n) is 7.45. The summed E-state index contributed by atoms with van der Waals surface area (Å²) in [4.78, 5) is 23.3. The van der Waals surface area contributed by atoms with Crippen molar-refractivity contribution in [2.75, 3.05) is 38.6 Å². The molecule has 0 bridgehead atoms. The topological polar surface area (TPSA) is 133 Å². The number of carbonyl (C=O) groups excluding carboxylic acids is 1. The molecular formula is C22H24N6O3. The van der Waals surface area contributed by atoms with Crippen molar-refractivity contribution in [3.8, 4) is 23.3 Å². The molecule has 0 saturated carbocycles. The van der Waals surface area contributed by atoms with Crippen molar-refractivity contribution in [2.24, 2.45) is 5.73 Å². The number of aromatic hydroxyl groups is 1. The lowest BCUT2D eigenvalue weighted by Gasteiger charge is -2.24. The van der Waals surface area contributed by atoms with Gasteiger partial charge in [0.25, 0.3) is 5.91 Å². The smallest absolute Gasteiger partial charge is 0.254 e. The van der Waals surface area contributed by atoms with Gasteiger partial charge in [0, 0.05) is 18.7 Å². The summed E-state index contributed by atoms with van der Waals surface area (Å²) >= 11 is 0. The average molecular weight is 420 g/mol. The minimum Gasteiger partial charge on any atom is -0.508 e. The zero-order valence-electron chi connectivity index (χ0n) is 17.5. The predicted molar refractivity (Wildman–Crippen MR) is 117 cm³/mol. The minimum atomic E-state index is -0.697. The Morgan fingerprint density at radius 1 is 1.29 bits per heavy atom. The number of ether oxygens (including phenoxy) is 1. The highest BCUT2D eigenvalue weighted by Gasteiger charge is 2.25. The molecule has 1 aliphatic rings. The van der Waals surface area contributed by atoms with Crippen LogP contribution in [0.15, 0.2) is 18.3 Å². The van der Waals surface area contributed by atoms with E-state index >= 15 is 0 Å². The number of phenolic OH excluding ortho intramolecular Hbond substituents is 1. The zero-order valence-corrected chi connectivity index (χ0v) is 17.5. The number of amides is 1. The van der Waals surface area contributed by atoms with Crippen molar-refractivity contribution in [3.63, 3.8) is 0 Å². The van der Waals surface area contributed by atoms with Crippen LogP contribution in [0.1, 0.15) is 27.2 Å². The van der Waals surface area contributed by atoms with Crippen LogP contribution in [0.5, 0.6) is 5.75 Å². The van der Waals surface area contributed by atoms with Crippen molar-refractivity contribution in [1.29, 1.82) is 0 Å². The monoisotopic (exact) mass is 420 g/mol. The summed E-state index contributed by atoms with van der Waals surface area (Å²) in [5.74, 6) is 5.69. The highest BCUT2D eigenvalue weighted by atomic mass is 16.5. The van der Waals surface area contributed by atoms with E-state index in [4.69, 9.17) is 16.2 Å². The molecule has 160 valence electrons. The third-order valence-electron chi connectivity index (χ3n) is 5.40. The molecule has 9 nitrogen and oxygen atoms in total. The van der Waals surface area contributed by atoms with Crippen molar-refractivity contribution in [2.45, 2.75) is 13.8 Å². The van der Waals surface area contributed by atoms with E-state index in [2.05, 4.69) is 26.7 Å². The van der Waals surface area contributed by atoms with Crippen LogP contribution in [-0.2, 0) is 4.74 Å². The molecule has 1 fully saturated rings. The largest absolute Gasteiger partial charge is 0.508 e. The second kappa shape index (κ2) is 8.26. The summed E-state index contributed by atoms with van der Waals surface area (Å²) in [6.45, 7) is 7.36. The summed E-state index contributed by atoms with van der Waals surface area (Å²) in [5, 5.41) is 10.2. The Labute approximate surface area is 179 Å². The summed E-state index contributed by atoms with van der Waals surface area (Å²) in [6.07, 6.45) is 1.51. The molecule has 1 saturated heterocycles. The maximum Gasteiger partial charge on any atom is 0.254 e. The Bertz CT molecular complexity index is 1230. The van der Waals surface area contributed by atoms with Gasteiger partial charge in [-0.25, -0.2) is 9.97 Å². The van der Waals surface area contributed by atoms with E-state index in [1.165, 1.54) is 6.20 Å². The number of hydrogen-bond donors (Lipinski definition) is 3. The number of primary amides is 1. The van der Waals surface area contributed by atoms with E-state index in [-0.39, 0.29) is 17.1 Å². The van der Waals surface area contributed by atoms with Gasteiger partial charge in [0.2, 0.25) is 0 Å². The Balaban J connectivity index is 1.84. The van der Waals surface area contributed by atoms with E-state index in [0.29, 0.717) is 47.9 Å². The number of nitrogens with zero attached hydrogens (tertiary/aromatic N) is 4. The molecule has 5 N–H and O–H groups in total. The Morgan fingerprint density at radius 3 is 2.74 bits per heavy atom. The summed E-state index contributed by atoms with van der Waals surface area (Å²) < 4.78 is 6.96. The molecule has 0 unspecified atom stereocenters. The van der Waals surface area contributed by atoms with Crippen molar-refractivity contribution in [1.82, 2.24) is 19.4 Å². The van der Waals surface area contributed by atoms with Gasteiger partial charge in [-0.2, -0.15) is 0 Å². The molecule has 1 amide bonds. The number of anilines is 1. The fourth-order valence-corrected chi connectivity index (χ4v) is 3.76. The van der Waals surface area contributed by atoms with E-state index in [0.717, 1.165) is 18.7 Å². The maximum atomic E-state index is 12.1. The quantitative estimate of drug-likeness (QED) is 0.541. The summed E-state index contributed by atoms with van der Waals surface area (Å²) in [7, 11) is 0. The Kier molecular flexibility index (Phi) is 5.50. The number of carbonyl (C=O) groups is 1. The molecule has 0 spiro atoms. The maximum absolute atomic E-state index is 12.1. The average Bonchev–Trinajstić information content (AvgIpc) is 3.03. The third kappa shape index (κ3) is 3.79. The number of fused-ring (bicyclic) bond motifs is 1. The Morgan fingerprint density at radius 2 is 2.03 bits per heavy atom. The van der Waals surface area contributed by atoms with Gasteiger partial charge in [0.05, 0.1) is 31.6 Å². The fourth-order valence-electron chi connectivity index (χ4n) is 3.76. The normalized spacial score (nSPS) is 14.4. The molecule has 0 radical (unpaired) electrons. The van der Waals surface area contributed by atoms with Gasteiger partial charge < -0.3 is 21.3 Å². The first kappa shape index (κ1) is 20.7. The van der Waals surface area contributed by atoms with Gasteiger partial charge in [-0.05, 0) is 31.4 Å². The van der Waals surface area contributed by atoms with Gasteiger partial charge in [-0.1, -0.05) is 12.0 Å². The summed E-state index contributed by atoms with van der Waals surface area (Å²) in [5.41, 5.74) is 15.2. The van der Waals surface area contributed by atoms with Crippen molar-refractivity contribution < 1.29 is 14.6 Å². The van der Waals surface area contributed by atoms with Crippen LogP contribution in [0, 0.1) is 25.7 Å². The number of nitrogen functional groups attached to an aromatic ring is 1. The first-order valence-corrected chi connectivity index (χ1v) is 9.93. The van der Waals surface area contributed by atoms with Crippen molar-refractivity contribution in [3.05, 3.63) is 40.7 Å². The van der Waals surface area contributed by atoms with Gasteiger partial charge in [0.1, 0.15) is 28.3 Å². The first-order chi connectivity index (χ1) is 14.9. The molecular weight excluding hydrogens is 396 g/mol. The number of nitrogens with two attached hydrogens (primary N) is 2. The molecule has 3 aromatic rings. The van der Waals surface area contributed by atoms with Crippen molar-refractivity contribution >= 4 is 22.9 Å². The van der Waals surface area contributed by atoms with Crippen LogP contribution >= 0.6 is 0 Å². The molecule has 1 aromatic carbocycles. The minimum absolute atomic E-state index is 0.0949. The van der Waals surface area contributed by atoms with Crippen LogP contribution in [0.2, 0.25) is 0 Å². The molecule has 1 aliphatic heterocycles. The molecule has 9 heteroatoms. The Hall–Kier alpha value is -3.61. The molecule has 0 aliphatic carbocycles. The lowest BCUT2D eigenvalue weighted by molar-refractivity contribution is 0.0443. The number of benzene rings is 1. The van der Waals surface area contributed by atoms with Crippen LogP contribution in [0.4, 0.5) is 5.82 Å². The van der Waals surface area contributed by atoms with Crippen LogP contribution < -0.4 is 11.5 Å². The number of phenols is 1. The third-order valence-corrected chi connectivity index (χ3v) is 5.40. The highest BCUT2D eigenvalue weighted by Crippen LogP contribution is 2.34. The number of aryl methyl sites for hydroxylation is 1. The molecule has 0 atom stereocenters. The van der Waals surface area contributed by atoms with Gasteiger partial charge >= 0.3 is 0 Å². The second-order valence-corrected chi connectivity index (χ2v) is 7.45. The number of morpholine rings is 1. The van der Waals surface area contributed by atoms with Crippen LogP contribution in [0.3, 0.4) is 0 Å². The van der Waals surface area contributed by atoms with Gasteiger partial charge in [0.15, 0.2) is 5.65 Å². The van der Waals surface area contributed by atoms with E-state index in [1.807, 2.05) is 6.92 Å². The van der Waals surface area contributed by atoms with Crippen LogP contribution in [0.25, 0.3) is 16.9 Å². The zero-order chi connectivity index (χ0) is 22.1. The van der Waals surface area contributed by atoms with E-state index in [1.54, 1.807) is 23.6 Å². The van der Waals surface area contributed by atoms with Gasteiger partial charge in [-0.15, -0.1) is 0 Å². The molecule has 4 rings (SSSR count). The lowest BCUT2D eigenvalue weighted by atomic mass is 10.1. The SMILES string of the molecule is Cc1ccc(O)c(C)c1-n1c(N)c(C(N)=O)c2ncc(C#CCN3CCOCC3)nc21. The fraction of sp³-hybridized carbons (Fsp3) is 0.318. The number of aromatic nitrogens is 3. The standard InChI is InChI=1S/C22H24N6O3/c1-13-5-6-16(29)14(2)19(13)28-20(23)17(21(24)30)18-22(28)26-15(12-25-18)4-3-7-27-8-10-31-11-9-27/h5-6,12,29H,7-11,23H2,1-2H3,(H2,24,30). The van der Waals surface area contributed by atoms with Crippen LogP contribution in [-0.4, -0.2) is 63.3 Å². The number of rotatable bonds is 3. The summed E-state index contributed by atoms with van der Waals surface area (Å²) in [6, 6.07) is 3.38. The molecule has 3 heterocycles. The first-order valence-electron chi connectivity index (χ1n) is 9.93. The predicted octanol–water partition coefficient (Wildman–Crippen LogP) is 1.11. The van der Waals surface area contributed by atoms with Gasteiger partial charge in [-0.3, -0.25) is 14.3 Å². The van der Waals surface area contributed by atoms with E-state index in [9.17, 15) is 9.90 Å². The lowest BCUT2D eigenvalue weighted by Crippen LogP contribution is -2.36. The molecule has 2 aromatic heterocycles. The number of hydrogen-bond acceptors (Lipinski definition) is 7. The molecule has 31 heavy (non-hydrogen) atoms. The highest BCUT2D eigenvalue weighted by molar-refractivity contribution is 6.09. The van der Waals surface area contributed by atoms with E-state index < -0.39 is 5.91 Å².